The number of carbonyl (C=O) groups is 2. The molecule has 0 bridgehead atoms. The highest BCUT2D eigenvalue weighted by Gasteiger charge is 2.22. The van der Waals surface area contributed by atoms with Gasteiger partial charge >= 0.3 is 0 Å². The molecule has 0 aliphatic carbocycles. The Labute approximate surface area is 167 Å². The molecule has 2 aliphatic rings. The number of piperidine rings is 1. The first-order valence-electron chi connectivity index (χ1n) is 10.6. The molecule has 6 nitrogen and oxygen atoms in total. The fraction of sp³-hybridized carbons (Fsp3) is 0.636. The van der Waals surface area contributed by atoms with E-state index in [1.165, 1.54) is 12.8 Å². The lowest BCUT2D eigenvalue weighted by molar-refractivity contribution is -0.122. The van der Waals surface area contributed by atoms with Crippen LogP contribution in [0.4, 0.5) is 0 Å². The van der Waals surface area contributed by atoms with Crippen LogP contribution in [0, 0.1) is 11.8 Å². The van der Waals surface area contributed by atoms with Crippen LogP contribution in [0.15, 0.2) is 24.3 Å². The number of benzene rings is 1. The number of nitrogens with one attached hydrogen (secondary N) is 3. The summed E-state index contributed by atoms with van der Waals surface area (Å²) >= 11 is 0. The summed E-state index contributed by atoms with van der Waals surface area (Å²) in [5, 5.41) is 9.35. The predicted molar refractivity (Wildman–Crippen MR) is 109 cm³/mol. The SMILES string of the molecule is CC(CC(=O)NCc1cccc(C(=O)NCC2CCCO2)c1)C1CCCNC1. The number of carbonyl (C=O) groups excluding carboxylic acids is 2. The molecular weight excluding hydrogens is 354 g/mol. The normalized spacial score (nSPS) is 23.2. The quantitative estimate of drug-likeness (QED) is 0.639. The Morgan fingerprint density at radius 1 is 1.25 bits per heavy atom. The molecule has 2 amide bonds. The average Bonchev–Trinajstić information content (AvgIpc) is 3.25. The second-order valence-electron chi connectivity index (χ2n) is 8.11. The largest absolute Gasteiger partial charge is 0.376 e. The van der Waals surface area contributed by atoms with Crippen molar-refractivity contribution >= 4 is 11.8 Å². The number of ether oxygens (including phenoxy) is 1. The molecule has 3 atom stereocenters. The molecule has 28 heavy (non-hydrogen) atoms. The second kappa shape index (κ2) is 10.6. The fourth-order valence-corrected chi connectivity index (χ4v) is 4.03. The lowest BCUT2D eigenvalue weighted by atomic mass is 9.85. The average molecular weight is 388 g/mol. The highest BCUT2D eigenvalue weighted by molar-refractivity contribution is 5.94. The molecule has 3 N–H and O–H groups in total. The van der Waals surface area contributed by atoms with Crippen LogP contribution in [0.25, 0.3) is 0 Å². The van der Waals surface area contributed by atoms with Crippen LogP contribution in [-0.2, 0) is 16.1 Å². The van der Waals surface area contributed by atoms with Gasteiger partial charge in [-0.05, 0) is 68.3 Å². The van der Waals surface area contributed by atoms with Gasteiger partial charge in [-0.25, -0.2) is 0 Å². The Balaban J connectivity index is 1.43. The standard InChI is InChI=1S/C22H33N3O3/c1-16(19-7-3-9-23-14-19)11-21(26)24-13-17-5-2-6-18(12-17)22(27)25-15-20-8-4-10-28-20/h2,5-6,12,16,19-20,23H,3-4,7-11,13-15H2,1H3,(H,24,26)(H,25,27). The third-order valence-corrected chi connectivity index (χ3v) is 5.84. The predicted octanol–water partition coefficient (Wildman–Crippen LogP) is 2.24. The minimum atomic E-state index is -0.0953. The van der Waals surface area contributed by atoms with Gasteiger partial charge in [0.1, 0.15) is 0 Å². The van der Waals surface area contributed by atoms with E-state index in [1.54, 1.807) is 6.07 Å². The van der Waals surface area contributed by atoms with Gasteiger partial charge in [0.25, 0.3) is 5.91 Å². The van der Waals surface area contributed by atoms with Gasteiger partial charge in [0, 0.05) is 31.7 Å². The van der Waals surface area contributed by atoms with Crippen LogP contribution in [0.5, 0.6) is 0 Å². The zero-order chi connectivity index (χ0) is 19.8. The molecule has 6 heteroatoms. The molecule has 1 aromatic carbocycles. The molecule has 1 aromatic rings. The second-order valence-corrected chi connectivity index (χ2v) is 8.11. The molecule has 154 valence electrons. The molecule has 0 radical (unpaired) electrons. The molecule has 2 fully saturated rings. The molecule has 2 saturated heterocycles. The van der Waals surface area contributed by atoms with Crippen molar-refractivity contribution < 1.29 is 14.3 Å². The Kier molecular flexibility index (Phi) is 7.86. The molecular formula is C22H33N3O3. The summed E-state index contributed by atoms with van der Waals surface area (Å²) in [5.41, 5.74) is 1.55. The van der Waals surface area contributed by atoms with E-state index in [0.29, 0.717) is 36.9 Å². The maximum Gasteiger partial charge on any atom is 0.251 e. The summed E-state index contributed by atoms with van der Waals surface area (Å²) in [7, 11) is 0. The van der Waals surface area contributed by atoms with Crippen molar-refractivity contribution in [3.8, 4) is 0 Å². The van der Waals surface area contributed by atoms with Crippen molar-refractivity contribution in [1.29, 1.82) is 0 Å². The molecule has 3 unspecified atom stereocenters. The van der Waals surface area contributed by atoms with Crippen molar-refractivity contribution in [3.63, 3.8) is 0 Å². The van der Waals surface area contributed by atoms with Gasteiger partial charge < -0.3 is 20.7 Å². The Morgan fingerprint density at radius 3 is 2.89 bits per heavy atom. The van der Waals surface area contributed by atoms with Crippen molar-refractivity contribution in [2.24, 2.45) is 11.8 Å². The van der Waals surface area contributed by atoms with Gasteiger partial charge in [0.2, 0.25) is 5.91 Å². The van der Waals surface area contributed by atoms with E-state index in [4.69, 9.17) is 4.74 Å². The first-order chi connectivity index (χ1) is 13.6. The van der Waals surface area contributed by atoms with Gasteiger partial charge in [0.05, 0.1) is 6.10 Å². The maximum absolute atomic E-state index is 12.4. The lowest BCUT2D eigenvalue weighted by Gasteiger charge is -2.28. The zero-order valence-electron chi connectivity index (χ0n) is 16.8. The highest BCUT2D eigenvalue weighted by atomic mass is 16.5. The van der Waals surface area contributed by atoms with Crippen molar-refractivity contribution in [2.75, 3.05) is 26.2 Å². The van der Waals surface area contributed by atoms with Gasteiger partial charge in [-0.2, -0.15) is 0 Å². The van der Waals surface area contributed by atoms with E-state index < -0.39 is 0 Å². The number of hydrogen-bond donors (Lipinski definition) is 3. The van der Waals surface area contributed by atoms with Crippen LogP contribution < -0.4 is 16.0 Å². The summed E-state index contributed by atoms with van der Waals surface area (Å²) in [6, 6.07) is 7.44. The van der Waals surface area contributed by atoms with Crippen molar-refractivity contribution in [3.05, 3.63) is 35.4 Å². The maximum atomic E-state index is 12.4. The molecule has 2 heterocycles. The van der Waals surface area contributed by atoms with Crippen LogP contribution in [-0.4, -0.2) is 44.2 Å². The fourth-order valence-electron chi connectivity index (χ4n) is 4.03. The van der Waals surface area contributed by atoms with Crippen molar-refractivity contribution in [1.82, 2.24) is 16.0 Å². The van der Waals surface area contributed by atoms with Gasteiger partial charge in [-0.1, -0.05) is 19.1 Å². The molecule has 3 rings (SSSR count). The van der Waals surface area contributed by atoms with Crippen LogP contribution >= 0.6 is 0 Å². The van der Waals surface area contributed by atoms with Gasteiger partial charge in [-0.15, -0.1) is 0 Å². The van der Waals surface area contributed by atoms with E-state index >= 15 is 0 Å². The Bertz CT molecular complexity index is 652. The first kappa shape index (κ1) is 20.8. The minimum absolute atomic E-state index is 0.0753. The summed E-state index contributed by atoms with van der Waals surface area (Å²) < 4.78 is 5.54. The van der Waals surface area contributed by atoms with Gasteiger partial charge in [0.15, 0.2) is 0 Å². The van der Waals surface area contributed by atoms with E-state index in [-0.39, 0.29) is 17.9 Å². The third-order valence-electron chi connectivity index (χ3n) is 5.84. The number of rotatable bonds is 8. The van der Waals surface area contributed by atoms with E-state index in [0.717, 1.165) is 38.1 Å². The summed E-state index contributed by atoms with van der Waals surface area (Å²) in [6.07, 6.45) is 5.14. The third kappa shape index (κ3) is 6.31. The first-order valence-corrected chi connectivity index (χ1v) is 10.6. The monoisotopic (exact) mass is 387 g/mol. The van der Waals surface area contributed by atoms with Crippen LogP contribution in [0.3, 0.4) is 0 Å². The Hall–Kier alpha value is -1.92. The molecule has 2 aliphatic heterocycles. The minimum Gasteiger partial charge on any atom is -0.376 e. The van der Waals surface area contributed by atoms with E-state index in [2.05, 4.69) is 22.9 Å². The zero-order valence-corrected chi connectivity index (χ0v) is 16.8. The topological polar surface area (TPSA) is 79.5 Å². The van der Waals surface area contributed by atoms with E-state index in [1.807, 2.05) is 18.2 Å². The van der Waals surface area contributed by atoms with Crippen LogP contribution in [0.1, 0.15) is 54.9 Å². The number of amides is 2. The lowest BCUT2D eigenvalue weighted by Crippen LogP contribution is -2.35. The highest BCUT2D eigenvalue weighted by Crippen LogP contribution is 2.22. The smallest absolute Gasteiger partial charge is 0.251 e. The number of hydrogen-bond acceptors (Lipinski definition) is 4. The van der Waals surface area contributed by atoms with Crippen LogP contribution in [0.2, 0.25) is 0 Å². The molecule has 0 aromatic heterocycles. The molecule has 0 spiro atoms. The Morgan fingerprint density at radius 2 is 2.14 bits per heavy atom. The van der Waals surface area contributed by atoms with E-state index in [9.17, 15) is 9.59 Å². The van der Waals surface area contributed by atoms with Gasteiger partial charge in [-0.3, -0.25) is 9.59 Å². The van der Waals surface area contributed by atoms with Crippen molar-refractivity contribution in [2.45, 2.75) is 51.7 Å². The molecule has 0 saturated carbocycles. The summed E-state index contributed by atoms with van der Waals surface area (Å²) in [4.78, 5) is 24.7. The summed E-state index contributed by atoms with van der Waals surface area (Å²) in [6.45, 7) is 6.04. The summed E-state index contributed by atoms with van der Waals surface area (Å²) in [5.74, 6) is 0.937.